The van der Waals surface area contributed by atoms with Gasteiger partial charge in [0, 0.05) is 23.4 Å². The van der Waals surface area contributed by atoms with Crippen LogP contribution >= 0.6 is 11.8 Å². The third-order valence-electron chi connectivity index (χ3n) is 2.07. The standard InChI is InChI=1S/C11H16O3S/c1-4-15-7-9-10(12)5-8(13-2)6-11(9)14-3/h5-6,12H,4,7H2,1-3H3. The summed E-state index contributed by atoms with van der Waals surface area (Å²) < 4.78 is 10.3. The fourth-order valence-electron chi connectivity index (χ4n) is 1.26. The molecule has 1 rings (SSSR count). The van der Waals surface area contributed by atoms with Gasteiger partial charge in [0.05, 0.1) is 14.2 Å². The van der Waals surface area contributed by atoms with E-state index in [0.717, 1.165) is 17.1 Å². The first-order valence-corrected chi connectivity index (χ1v) is 5.90. The molecule has 0 fully saturated rings. The molecule has 0 aliphatic heterocycles. The molecule has 0 amide bonds. The van der Waals surface area contributed by atoms with Crippen LogP contribution in [-0.2, 0) is 5.75 Å². The van der Waals surface area contributed by atoms with E-state index in [9.17, 15) is 5.11 Å². The number of thioether (sulfide) groups is 1. The van der Waals surface area contributed by atoms with Crippen LogP contribution in [-0.4, -0.2) is 25.1 Å². The molecule has 0 unspecified atom stereocenters. The van der Waals surface area contributed by atoms with Gasteiger partial charge in [-0.15, -0.1) is 0 Å². The third-order valence-corrected chi connectivity index (χ3v) is 2.97. The third kappa shape index (κ3) is 2.96. The minimum Gasteiger partial charge on any atom is -0.507 e. The molecule has 0 aliphatic rings. The number of methoxy groups -OCH3 is 2. The lowest BCUT2D eigenvalue weighted by Crippen LogP contribution is -1.93. The van der Waals surface area contributed by atoms with E-state index in [1.54, 1.807) is 38.1 Å². The normalized spacial score (nSPS) is 10.1. The van der Waals surface area contributed by atoms with Crippen molar-refractivity contribution in [2.75, 3.05) is 20.0 Å². The second-order valence-electron chi connectivity index (χ2n) is 2.96. The molecular formula is C11H16O3S. The van der Waals surface area contributed by atoms with Gasteiger partial charge >= 0.3 is 0 Å². The van der Waals surface area contributed by atoms with Crippen LogP contribution < -0.4 is 9.47 Å². The maximum atomic E-state index is 9.79. The van der Waals surface area contributed by atoms with Gasteiger partial charge < -0.3 is 14.6 Å². The van der Waals surface area contributed by atoms with Crippen LogP contribution in [0.3, 0.4) is 0 Å². The van der Waals surface area contributed by atoms with Gasteiger partial charge in [0.1, 0.15) is 17.2 Å². The average Bonchev–Trinajstić information content (AvgIpc) is 2.26. The van der Waals surface area contributed by atoms with Crippen molar-refractivity contribution in [2.24, 2.45) is 0 Å². The molecule has 0 saturated heterocycles. The molecule has 0 saturated carbocycles. The molecule has 1 aromatic rings. The van der Waals surface area contributed by atoms with E-state index in [0.29, 0.717) is 11.5 Å². The van der Waals surface area contributed by atoms with E-state index < -0.39 is 0 Å². The first-order chi connectivity index (χ1) is 7.22. The second kappa shape index (κ2) is 5.75. The van der Waals surface area contributed by atoms with Crippen LogP contribution in [0.5, 0.6) is 17.2 Å². The largest absolute Gasteiger partial charge is 0.507 e. The molecule has 3 nitrogen and oxygen atoms in total. The molecule has 4 heteroatoms. The van der Waals surface area contributed by atoms with Gasteiger partial charge in [0.25, 0.3) is 0 Å². The zero-order valence-electron chi connectivity index (χ0n) is 9.24. The summed E-state index contributed by atoms with van der Waals surface area (Å²) in [7, 11) is 3.16. The van der Waals surface area contributed by atoms with Crippen molar-refractivity contribution in [1.82, 2.24) is 0 Å². The van der Waals surface area contributed by atoms with Crippen molar-refractivity contribution in [3.05, 3.63) is 17.7 Å². The van der Waals surface area contributed by atoms with Crippen LogP contribution in [0.25, 0.3) is 0 Å². The van der Waals surface area contributed by atoms with Gasteiger partial charge in [0.15, 0.2) is 0 Å². The predicted octanol–water partition coefficient (Wildman–Crippen LogP) is 2.66. The number of hydrogen-bond acceptors (Lipinski definition) is 4. The molecule has 84 valence electrons. The van der Waals surface area contributed by atoms with E-state index in [1.807, 2.05) is 0 Å². The maximum Gasteiger partial charge on any atom is 0.130 e. The number of rotatable bonds is 5. The number of benzene rings is 1. The highest BCUT2D eigenvalue weighted by Gasteiger charge is 2.11. The Morgan fingerprint density at radius 2 is 2.00 bits per heavy atom. The fourth-order valence-corrected chi connectivity index (χ4v) is 1.95. The average molecular weight is 228 g/mol. The summed E-state index contributed by atoms with van der Waals surface area (Å²) in [5, 5.41) is 9.79. The summed E-state index contributed by atoms with van der Waals surface area (Å²) in [6, 6.07) is 3.39. The van der Waals surface area contributed by atoms with Gasteiger partial charge in [-0.1, -0.05) is 6.92 Å². The van der Waals surface area contributed by atoms with Crippen LogP contribution in [0.2, 0.25) is 0 Å². The Kier molecular flexibility index (Phi) is 4.62. The molecule has 0 aliphatic carbocycles. The lowest BCUT2D eigenvalue weighted by molar-refractivity contribution is 0.381. The Bertz CT molecular complexity index is 326. The van der Waals surface area contributed by atoms with Gasteiger partial charge in [-0.25, -0.2) is 0 Å². The second-order valence-corrected chi connectivity index (χ2v) is 4.24. The number of aromatic hydroxyl groups is 1. The van der Waals surface area contributed by atoms with E-state index >= 15 is 0 Å². The Balaban J connectivity index is 3.01. The Labute approximate surface area is 94.4 Å². The quantitative estimate of drug-likeness (QED) is 0.841. The molecule has 15 heavy (non-hydrogen) atoms. The van der Waals surface area contributed by atoms with E-state index in [2.05, 4.69) is 6.92 Å². The topological polar surface area (TPSA) is 38.7 Å². The summed E-state index contributed by atoms with van der Waals surface area (Å²) >= 11 is 1.74. The summed E-state index contributed by atoms with van der Waals surface area (Å²) in [6.45, 7) is 2.08. The minimum absolute atomic E-state index is 0.229. The molecule has 0 aromatic heterocycles. The summed E-state index contributed by atoms with van der Waals surface area (Å²) in [4.78, 5) is 0. The SMILES string of the molecule is CCSCc1c(O)cc(OC)cc1OC. The predicted molar refractivity (Wildman–Crippen MR) is 63.0 cm³/mol. The zero-order valence-corrected chi connectivity index (χ0v) is 10.1. The molecule has 0 bridgehead atoms. The van der Waals surface area contributed by atoms with Crippen molar-refractivity contribution in [2.45, 2.75) is 12.7 Å². The van der Waals surface area contributed by atoms with E-state index in [-0.39, 0.29) is 5.75 Å². The molecule has 0 heterocycles. The number of phenols is 1. The lowest BCUT2D eigenvalue weighted by Gasteiger charge is -2.11. The molecule has 0 atom stereocenters. The lowest BCUT2D eigenvalue weighted by atomic mass is 10.2. The van der Waals surface area contributed by atoms with Crippen LogP contribution in [0.1, 0.15) is 12.5 Å². The van der Waals surface area contributed by atoms with E-state index in [4.69, 9.17) is 9.47 Å². The van der Waals surface area contributed by atoms with Gasteiger partial charge in [-0.05, 0) is 5.75 Å². The molecular weight excluding hydrogens is 212 g/mol. The number of ether oxygens (including phenoxy) is 2. The highest BCUT2D eigenvalue weighted by atomic mass is 32.2. The van der Waals surface area contributed by atoms with Crippen molar-refractivity contribution in [3.8, 4) is 17.2 Å². The number of hydrogen-bond donors (Lipinski definition) is 1. The van der Waals surface area contributed by atoms with Gasteiger partial charge in [0.2, 0.25) is 0 Å². The Morgan fingerprint density at radius 3 is 2.53 bits per heavy atom. The fraction of sp³-hybridized carbons (Fsp3) is 0.455. The highest BCUT2D eigenvalue weighted by Crippen LogP contribution is 2.35. The molecule has 0 radical (unpaired) electrons. The van der Waals surface area contributed by atoms with Crippen molar-refractivity contribution < 1.29 is 14.6 Å². The zero-order chi connectivity index (χ0) is 11.3. The van der Waals surface area contributed by atoms with E-state index in [1.165, 1.54) is 0 Å². The molecule has 1 aromatic carbocycles. The smallest absolute Gasteiger partial charge is 0.130 e. The Morgan fingerprint density at radius 1 is 1.27 bits per heavy atom. The first kappa shape index (κ1) is 12.0. The summed E-state index contributed by atoms with van der Waals surface area (Å²) in [5.74, 6) is 3.26. The Hall–Kier alpha value is -1.03. The summed E-state index contributed by atoms with van der Waals surface area (Å²) in [6.07, 6.45) is 0. The molecule has 0 spiro atoms. The minimum atomic E-state index is 0.229. The maximum absolute atomic E-state index is 9.79. The monoisotopic (exact) mass is 228 g/mol. The van der Waals surface area contributed by atoms with Crippen LogP contribution in [0.4, 0.5) is 0 Å². The summed E-state index contributed by atoms with van der Waals surface area (Å²) in [5.41, 5.74) is 0.824. The van der Waals surface area contributed by atoms with Gasteiger partial charge in [-0.2, -0.15) is 11.8 Å². The van der Waals surface area contributed by atoms with Crippen LogP contribution in [0, 0.1) is 0 Å². The van der Waals surface area contributed by atoms with Crippen LogP contribution in [0.15, 0.2) is 12.1 Å². The van der Waals surface area contributed by atoms with Crippen molar-refractivity contribution >= 4 is 11.8 Å². The van der Waals surface area contributed by atoms with Crippen molar-refractivity contribution in [1.29, 1.82) is 0 Å². The first-order valence-electron chi connectivity index (χ1n) is 4.74. The highest BCUT2D eigenvalue weighted by molar-refractivity contribution is 7.98. The molecule has 1 N–H and O–H groups in total. The van der Waals surface area contributed by atoms with Gasteiger partial charge in [-0.3, -0.25) is 0 Å². The van der Waals surface area contributed by atoms with Crippen molar-refractivity contribution in [3.63, 3.8) is 0 Å². The number of phenolic OH excluding ortho intramolecular Hbond substituents is 1.